The van der Waals surface area contributed by atoms with Crippen molar-refractivity contribution in [2.75, 3.05) is 23.8 Å². The van der Waals surface area contributed by atoms with Gasteiger partial charge < -0.3 is 20.8 Å². The molecule has 0 bridgehead atoms. The third-order valence-electron chi connectivity index (χ3n) is 2.03. The Kier molecular flexibility index (Phi) is 4.86. The van der Waals surface area contributed by atoms with Crippen LogP contribution in [0.4, 0.5) is 15.8 Å². The van der Waals surface area contributed by atoms with Gasteiger partial charge in [-0.25, -0.2) is 4.39 Å². The maximum absolute atomic E-state index is 13.3. The molecular formula is C11H15FN2O3. The highest BCUT2D eigenvalue weighted by atomic mass is 19.1. The number of hydrogen-bond donors (Lipinski definition) is 4. The number of carbonyl (C=O) groups excluding carboxylic acids is 1. The summed E-state index contributed by atoms with van der Waals surface area (Å²) in [6.45, 7) is 0.975. The number of nitrogens with one attached hydrogen (secondary N) is 2. The molecule has 0 aliphatic rings. The zero-order valence-corrected chi connectivity index (χ0v) is 9.40. The summed E-state index contributed by atoms with van der Waals surface area (Å²) in [4.78, 5) is 10.8. The summed E-state index contributed by atoms with van der Waals surface area (Å²) >= 11 is 0. The van der Waals surface area contributed by atoms with Crippen LogP contribution in [0, 0.1) is 5.82 Å². The Morgan fingerprint density at radius 3 is 2.82 bits per heavy atom. The second kappa shape index (κ2) is 6.17. The molecule has 0 saturated heterocycles. The van der Waals surface area contributed by atoms with Crippen LogP contribution in [0.15, 0.2) is 18.2 Å². The molecule has 0 heterocycles. The predicted molar refractivity (Wildman–Crippen MR) is 62.3 cm³/mol. The highest BCUT2D eigenvalue weighted by molar-refractivity contribution is 5.89. The van der Waals surface area contributed by atoms with Crippen LogP contribution >= 0.6 is 0 Å². The molecule has 0 aliphatic heterocycles. The lowest BCUT2D eigenvalue weighted by Gasteiger charge is -2.12. The van der Waals surface area contributed by atoms with Crippen LogP contribution in [0.3, 0.4) is 0 Å². The summed E-state index contributed by atoms with van der Waals surface area (Å²) < 4.78 is 13.3. The number of rotatable bonds is 5. The van der Waals surface area contributed by atoms with E-state index in [4.69, 9.17) is 10.2 Å². The van der Waals surface area contributed by atoms with Crippen LogP contribution in [-0.2, 0) is 4.79 Å². The van der Waals surface area contributed by atoms with Crippen molar-refractivity contribution < 1.29 is 19.4 Å². The summed E-state index contributed by atoms with van der Waals surface area (Å²) in [7, 11) is 0. The Labute approximate surface area is 98.3 Å². The van der Waals surface area contributed by atoms with Crippen LogP contribution in [0.1, 0.15) is 6.92 Å². The first kappa shape index (κ1) is 13.4. The van der Waals surface area contributed by atoms with Gasteiger partial charge in [-0.05, 0) is 18.2 Å². The van der Waals surface area contributed by atoms with Crippen molar-refractivity contribution in [1.29, 1.82) is 0 Å². The summed E-state index contributed by atoms with van der Waals surface area (Å²) in [5, 5.41) is 22.9. The first-order valence-corrected chi connectivity index (χ1v) is 5.13. The van der Waals surface area contributed by atoms with E-state index in [1.54, 1.807) is 0 Å². The van der Waals surface area contributed by atoms with E-state index >= 15 is 0 Å². The van der Waals surface area contributed by atoms with Crippen LogP contribution in [0.2, 0.25) is 0 Å². The van der Waals surface area contributed by atoms with Crippen molar-refractivity contribution >= 4 is 17.3 Å². The van der Waals surface area contributed by atoms with Crippen molar-refractivity contribution in [1.82, 2.24) is 0 Å². The standard InChI is InChI=1S/C11H15FN2O3/c1-7(16)14-8-2-3-10(12)11(4-8)13-5-9(17)6-15/h2-4,9,13,15,17H,5-6H2,1H3,(H,14,16). The van der Waals surface area contributed by atoms with E-state index in [1.807, 2.05) is 0 Å². The van der Waals surface area contributed by atoms with E-state index in [-0.39, 0.29) is 18.1 Å². The molecule has 4 N–H and O–H groups in total. The molecule has 0 saturated carbocycles. The third-order valence-corrected chi connectivity index (χ3v) is 2.03. The molecule has 94 valence electrons. The summed E-state index contributed by atoms with van der Waals surface area (Å²) in [5.74, 6) is -0.748. The molecule has 1 atom stereocenters. The molecule has 1 aromatic carbocycles. The Bertz CT molecular complexity index is 398. The highest BCUT2D eigenvalue weighted by Gasteiger charge is 2.07. The fourth-order valence-electron chi connectivity index (χ4n) is 1.23. The van der Waals surface area contributed by atoms with Crippen molar-refractivity contribution in [3.05, 3.63) is 24.0 Å². The van der Waals surface area contributed by atoms with E-state index in [0.717, 1.165) is 0 Å². The van der Waals surface area contributed by atoms with Gasteiger partial charge in [0.05, 0.1) is 18.4 Å². The fraction of sp³-hybridized carbons (Fsp3) is 0.364. The minimum atomic E-state index is -0.959. The van der Waals surface area contributed by atoms with Gasteiger partial charge in [0.15, 0.2) is 0 Å². The fourth-order valence-corrected chi connectivity index (χ4v) is 1.23. The third kappa shape index (κ3) is 4.38. The van der Waals surface area contributed by atoms with Crippen molar-refractivity contribution in [2.24, 2.45) is 0 Å². The van der Waals surface area contributed by atoms with Gasteiger partial charge in [-0.15, -0.1) is 0 Å². The van der Waals surface area contributed by atoms with Crippen LogP contribution in [0.25, 0.3) is 0 Å². The number of halogens is 1. The number of aliphatic hydroxyl groups excluding tert-OH is 2. The Morgan fingerprint density at radius 2 is 2.24 bits per heavy atom. The lowest BCUT2D eigenvalue weighted by atomic mass is 10.2. The molecule has 1 aromatic rings. The van der Waals surface area contributed by atoms with Crippen molar-refractivity contribution in [3.8, 4) is 0 Å². The van der Waals surface area contributed by atoms with Gasteiger partial charge in [-0.1, -0.05) is 0 Å². The SMILES string of the molecule is CC(=O)Nc1ccc(F)c(NCC(O)CO)c1. The number of anilines is 2. The Morgan fingerprint density at radius 1 is 1.53 bits per heavy atom. The van der Waals surface area contributed by atoms with E-state index in [1.165, 1.54) is 25.1 Å². The van der Waals surface area contributed by atoms with Crippen LogP contribution in [0.5, 0.6) is 0 Å². The molecule has 5 nitrogen and oxygen atoms in total. The Balaban J connectivity index is 2.72. The first-order chi connectivity index (χ1) is 8.02. The average Bonchev–Trinajstić information content (AvgIpc) is 2.28. The zero-order chi connectivity index (χ0) is 12.8. The van der Waals surface area contributed by atoms with E-state index in [2.05, 4.69) is 10.6 Å². The number of aliphatic hydroxyl groups is 2. The van der Waals surface area contributed by atoms with Gasteiger partial charge in [-0.2, -0.15) is 0 Å². The molecule has 0 aliphatic carbocycles. The molecular weight excluding hydrogens is 227 g/mol. The van der Waals surface area contributed by atoms with E-state index < -0.39 is 18.5 Å². The van der Waals surface area contributed by atoms with Crippen molar-refractivity contribution in [3.63, 3.8) is 0 Å². The number of amides is 1. The lowest BCUT2D eigenvalue weighted by Crippen LogP contribution is -2.23. The quantitative estimate of drug-likeness (QED) is 0.607. The first-order valence-electron chi connectivity index (χ1n) is 5.13. The number of hydrogen-bond acceptors (Lipinski definition) is 4. The molecule has 1 rings (SSSR count). The number of benzene rings is 1. The maximum Gasteiger partial charge on any atom is 0.221 e. The minimum Gasteiger partial charge on any atom is -0.394 e. The normalized spacial score (nSPS) is 12.0. The van der Waals surface area contributed by atoms with Gasteiger partial charge >= 0.3 is 0 Å². The molecule has 0 aromatic heterocycles. The molecule has 6 heteroatoms. The van der Waals surface area contributed by atoms with Crippen molar-refractivity contribution in [2.45, 2.75) is 13.0 Å². The zero-order valence-electron chi connectivity index (χ0n) is 9.40. The maximum atomic E-state index is 13.3. The highest BCUT2D eigenvalue weighted by Crippen LogP contribution is 2.19. The molecule has 0 radical (unpaired) electrons. The van der Waals surface area contributed by atoms with Gasteiger partial charge in [0.1, 0.15) is 5.82 Å². The van der Waals surface area contributed by atoms with Crippen LogP contribution in [-0.4, -0.2) is 35.4 Å². The molecule has 1 unspecified atom stereocenters. The van der Waals surface area contributed by atoms with Gasteiger partial charge in [0.2, 0.25) is 5.91 Å². The second-order valence-electron chi connectivity index (χ2n) is 3.59. The molecule has 0 fully saturated rings. The summed E-state index contributed by atoms with van der Waals surface area (Å²) in [6, 6.07) is 4.06. The molecule has 0 spiro atoms. The van der Waals surface area contributed by atoms with E-state index in [0.29, 0.717) is 5.69 Å². The average molecular weight is 242 g/mol. The molecule has 17 heavy (non-hydrogen) atoms. The minimum absolute atomic E-state index is 0.0247. The molecule has 1 amide bonds. The summed E-state index contributed by atoms with van der Waals surface area (Å²) in [5.41, 5.74) is 0.614. The largest absolute Gasteiger partial charge is 0.394 e. The van der Waals surface area contributed by atoms with Gasteiger partial charge in [0.25, 0.3) is 0 Å². The van der Waals surface area contributed by atoms with Gasteiger partial charge in [0, 0.05) is 19.2 Å². The topological polar surface area (TPSA) is 81.6 Å². The van der Waals surface area contributed by atoms with Gasteiger partial charge in [-0.3, -0.25) is 4.79 Å². The summed E-state index contributed by atoms with van der Waals surface area (Å²) in [6.07, 6.45) is -0.959. The predicted octanol–water partition coefficient (Wildman–Crippen LogP) is 0.549. The lowest BCUT2D eigenvalue weighted by molar-refractivity contribution is -0.114. The van der Waals surface area contributed by atoms with Crippen LogP contribution < -0.4 is 10.6 Å². The monoisotopic (exact) mass is 242 g/mol. The smallest absolute Gasteiger partial charge is 0.221 e. The van der Waals surface area contributed by atoms with E-state index in [9.17, 15) is 9.18 Å². The number of carbonyl (C=O) groups is 1. The second-order valence-corrected chi connectivity index (χ2v) is 3.59. The Hall–Kier alpha value is -1.66.